The number of carbonyl (C=O) groups excluding carboxylic acids is 1. The molecule has 1 aromatic carbocycles. The van der Waals surface area contributed by atoms with Crippen LogP contribution in [0, 0.1) is 6.92 Å². The Morgan fingerprint density at radius 3 is 2.22 bits per heavy atom. The minimum Gasteiger partial charge on any atom is -0.506 e. The number of rotatable bonds is 10. The van der Waals surface area contributed by atoms with Gasteiger partial charge in [0.15, 0.2) is 17.3 Å². The Bertz CT molecular complexity index is 776. The zero-order valence-corrected chi connectivity index (χ0v) is 17.5. The van der Waals surface area contributed by atoms with Crippen LogP contribution < -0.4 is 0 Å². The first-order chi connectivity index (χ1) is 15.1. The van der Waals surface area contributed by atoms with Crippen molar-refractivity contribution in [3.05, 3.63) is 46.9 Å². The standard InChI is InChI=1S/C21H30O11/c1-10-2-4-11(5-3-10)13(25)8-14-17(27)18(28)20(15(9-23)31-14)32-21(30)19(29)16(26)12(24)6-7-22/h2-5,12,14-15,17-18,20-24,26-30H,6-9H2,1H3/b19-16-/t12-,14-,15?,17?,18?,20+,21-/m0/s1. The quantitative estimate of drug-likeness (QED) is 0.119. The Morgan fingerprint density at radius 1 is 1.03 bits per heavy atom. The van der Waals surface area contributed by atoms with Crippen LogP contribution in [0.3, 0.4) is 0 Å². The summed E-state index contributed by atoms with van der Waals surface area (Å²) >= 11 is 0. The van der Waals surface area contributed by atoms with Gasteiger partial charge in [-0.2, -0.15) is 0 Å². The van der Waals surface area contributed by atoms with Crippen LogP contribution in [-0.4, -0.2) is 103 Å². The largest absolute Gasteiger partial charge is 0.506 e. The van der Waals surface area contributed by atoms with Crippen molar-refractivity contribution in [1.29, 1.82) is 0 Å². The highest BCUT2D eigenvalue weighted by Crippen LogP contribution is 2.28. The van der Waals surface area contributed by atoms with Crippen LogP contribution in [0.2, 0.25) is 0 Å². The molecule has 0 bridgehead atoms. The molecule has 1 aromatic rings. The lowest BCUT2D eigenvalue weighted by Crippen LogP contribution is -2.60. The number of ether oxygens (including phenoxy) is 2. The average molecular weight is 458 g/mol. The van der Waals surface area contributed by atoms with Crippen molar-refractivity contribution < 1.29 is 55.1 Å². The number of benzene rings is 1. The van der Waals surface area contributed by atoms with E-state index in [1.165, 1.54) is 0 Å². The van der Waals surface area contributed by atoms with E-state index in [0.717, 1.165) is 5.56 Å². The highest BCUT2D eigenvalue weighted by Gasteiger charge is 2.46. The number of aliphatic hydroxyl groups is 8. The van der Waals surface area contributed by atoms with Crippen LogP contribution in [0.25, 0.3) is 0 Å². The van der Waals surface area contributed by atoms with Crippen molar-refractivity contribution in [2.45, 2.75) is 62.7 Å². The van der Waals surface area contributed by atoms with E-state index < -0.39 is 67.6 Å². The van der Waals surface area contributed by atoms with Crippen molar-refractivity contribution >= 4 is 5.78 Å². The maximum absolute atomic E-state index is 12.5. The van der Waals surface area contributed by atoms with Gasteiger partial charge in [-0.1, -0.05) is 29.8 Å². The lowest BCUT2D eigenvalue weighted by atomic mass is 9.91. The van der Waals surface area contributed by atoms with Crippen LogP contribution in [0.15, 0.2) is 35.8 Å². The molecule has 11 heteroatoms. The van der Waals surface area contributed by atoms with Gasteiger partial charge in [-0.25, -0.2) is 0 Å². The monoisotopic (exact) mass is 458 g/mol. The SMILES string of the molecule is Cc1ccc(C(=O)C[C@@H]2OC(CO)[C@@H](O[C@H](O)/C(O)=C(/O)[C@@H](O)CCO)C(O)C2O)cc1. The topological polar surface area (TPSA) is 197 Å². The minimum atomic E-state index is -2.25. The summed E-state index contributed by atoms with van der Waals surface area (Å²) in [6.45, 7) is 0.630. The highest BCUT2D eigenvalue weighted by atomic mass is 16.6. The number of ketones is 1. The third kappa shape index (κ3) is 6.24. The number of hydrogen-bond acceptors (Lipinski definition) is 11. The Labute approximate surface area is 184 Å². The fourth-order valence-corrected chi connectivity index (χ4v) is 3.31. The van der Waals surface area contributed by atoms with Crippen molar-refractivity contribution in [2.24, 2.45) is 0 Å². The van der Waals surface area contributed by atoms with Gasteiger partial charge in [0.25, 0.3) is 0 Å². The first kappa shape index (κ1) is 26.2. The van der Waals surface area contributed by atoms with E-state index in [9.17, 15) is 40.5 Å². The highest BCUT2D eigenvalue weighted by molar-refractivity contribution is 5.96. The molecule has 11 nitrogen and oxygen atoms in total. The molecule has 7 atom stereocenters. The zero-order valence-electron chi connectivity index (χ0n) is 17.5. The average Bonchev–Trinajstić information content (AvgIpc) is 2.78. The Balaban J connectivity index is 2.10. The van der Waals surface area contributed by atoms with E-state index in [1.54, 1.807) is 24.3 Å². The molecule has 0 spiro atoms. The van der Waals surface area contributed by atoms with Crippen molar-refractivity contribution in [2.75, 3.05) is 13.2 Å². The molecular formula is C21H30O11. The molecule has 180 valence electrons. The van der Waals surface area contributed by atoms with E-state index in [4.69, 9.17) is 14.6 Å². The van der Waals surface area contributed by atoms with E-state index in [1.807, 2.05) is 6.92 Å². The van der Waals surface area contributed by atoms with E-state index in [2.05, 4.69) is 0 Å². The summed E-state index contributed by atoms with van der Waals surface area (Å²) in [5, 5.41) is 78.5. The van der Waals surface area contributed by atoms with Crippen LogP contribution in [0.1, 0.15) is 28.8 Å². The Hall–Kier alpha value is -2.09. The summed E-state index contributed by atoms with van der Waals surface area (Å²) in [6.07, 6.45) is -12.0. The summed E-state index contributed by atoms with van der Waals surface area (Å²) in [4.78, 5) is 12.5. The van der Waals surface area contributed by atoms with Crippen molar-refractivity contribution in [1.82, 2.24) is 0 Å². The molecule has 3 unspecified atom stereocenters. The third-order valence-corrected chi connectivity index (χ3v) is 5.22. The van der Waals surface area contributed by atoms with Gasteiger partial charge in [-0.05, 0) is 6.92 Å². The molecule has 0 amide bonds. The molecule has 1 aliphatic rings. The Morgan fingerprint density at radius 2 is 1.66 bits per heavy atom. The van der Waals surface area contributed by atoms with Crippen LogP contribution >= 0.6 is 0 Å². The number of hydrogen-bond donors (Lipinski definition) is 8. The van der Waals surface area contributed by atoms with Crippen LogP contribution in [0.4, 0.5) is 0 Å². The first-order valence-corrected chi connectivity index (χ1v) is 10.1. The normalized spacial score (nSPS) is 28.7. The van der Waals surface area contributed by atoms with Crippen LogP contribution in [0.5, 0.6) is 0 Å². The second-order valence-electron chi connectivity index (χ2n) is 7.62. The molecule has 0 aliphatic carbocycles. The fraction of sp³-hybridized carbons (Fsp3) is 0.571. The zero-order chi connectivity index (χ0) is 24.0. The molecular weight excluding hydrogens is 428 g/mol. The molecule has 0 aromatic heterocycles. The maximum Gasteiger partial charge on any atom is 0.218 e. The summed E-state index contributed by atoms with van der Waals surface area (Å²) in [5.74, 6) is -2.60. The summed E-state index contributed by atoms with van der Waals surface area (Å²) in [7, 11) is 0. The smallest absolute Gasteiger partial charge is 0.218 e. The number of Topliss-reactive ketones (excluding diaryl/α,β-unsaturated/α-hetero) is 1. The van der Waals surface area contributed by atoms with Crippen molar-refractivity contribution in [3.63, 3.8) is 0 Å². The lowest BCUT2D eigenvalue weighted by molar-refractivity contribution is -0.271. The predicted molar refractivity (Wildman–Crippen MR) is 109 cm³/mol. The molecule has 32 heavy (non-hydrogen) atoms. The van der Waals surface area contributed by atoms with Gasteiger partial charge in [0.2, 0.25) is 6.29 Å². The molecule has 1 heterocycles. The molecule has 1 saturated heterocycles. The van der Waals surface area contributed by atoms with Gasteiger partial charge < -0.3 is 50.3 Å². The summed E-state index contributed by atoms with van der Waals surface area (Å²) in [6, 6.07) is 6.72. The van der Waals surface area contributed by atoms with Gasteiger partial charge in [-0.15, -0.1) is 0 Å². The number of aliphatic hydroxyl groups excluding tert-OH is 8. The van der Waals surface area contributed by atoms with Gasteiger partial charge in [0.05, 0.1) is 12.7 Å². The van der Waals surface area contributed by atoms with E-state index >= 15 is 0 Å². The second kappa shape index (κ2) is 11.7. The molecule has 8 N–H and O–H groups in total. The molecule has 2 rings (SSSR count). The van der Waals surface area contributed by atoms with E-state index in [-0.39, 0.29) is 18.6 Å². The third-order valence-electron chi connectivity index (χ3n) is 5.22. The number of aryl methyl sites for hydroxylation is 1. The number of carbonyl (C=O) groups is 1. The van der Waals surface area contributed by atoms with E-state index in [0.29, 0.717) is 5.56 Å². The first-order valence-electron chi connectivity index (χ1n) is 10.1. The molecule has 0 radical (unpaired) electrons. The summed E-state index contributed by atoms with van der Waals surface area (Å²) < 4.78 is 10.6. The van der Waals surface area contributed by atoms with Crippen LogP contribution in [-0.2, 0) is 9.47 Å². The van der Waals surface area contributed by atoms with Gasteiger partial charge >= 0.3 is 0 Å². The molecule has 1 fully saturated rings. The fourth-order valence-electron chi connectivity index (χ4n) is 3.31. The lowest BCUT2D eigenvalue weighted by Gasteiger charge is -2.42. The van der Waals surface area contributed by atoms with Crippen molar-refractivity contribution in [3.8, 4) is 0 Å². The maximum atomic E-state index is 12.5. The van der Waals surface area contributed by atoms with Gasteiger partial charge in [0, 0.05) is 25.0 Å². The molecule has 0 saturated carbocycles. The molecule has 1 aliphatic heterocycles. The van der Waals surface area contributed by atoms with Gasteiger partial charge in [-0.3, -0.25) is 4.79 Å². The predicted octanol–water partition coefficient (Wildman–Crippen LogP) is -1.18. The second-order valence-corrected chi connectivity index (χ2v) is 7.62. The Kier molecular flexibility index (Phi) is 9.55. The van der Waals surface area contributed by atoms with Gasteiger partial charge in [0.1, 0.15) is 30.5 Å². The minimum absolute atomic E-state index is 0.299. The summed E-state index contributed by atoms with van der Waals surface area (Å²) in [5.41, 5.74) is 1.33.